The lowest BCUT2D eigenvalue weighted by atomic mass is 10.2. The number of aromatic nitrogens is 2. The highest BCUT2D eigenvalue weighted by molar-refractivity contribution is 6.31. The Morgan fingerprint density at radius 1 is 1.40 bits per heavy atom. The first-order valence-corrected chi connectivity index (χ1v) is 6.33. The number of benzene rings is 1. The van der Waals surface area contributed by atoms with E-state index in [1.54, 1.807) is 22.9 Å². The molecule has 6 heteroatoms. The van der Waals surface area contributed by atoms with Crippen LogP contribution in [-0.4, -0.2) is 16.9 Å². The first-order chi connectivity index (χ1) is 9.56. The molecule has 104 valence electrons. The summed E-state index contributed by atoms with van der Waals surface area (Å²) in [6.07, 6.45) is 0. The number of ether oxygens (including phenoxy) is 2. The molecule has 20 heavy (non-hydrogen) atoms. The van der Waals surface area contributed by atoms with Gasteiger partial charge in [-0.1, -0.05) is 11.6 Å². The van der Waals surface area contributed by atoms with Crippen molar-refractivity contribution in [2.75, 3.05) is 7.11 Å². The maximum atomic E-state index is 8.86. The average Bonchev–Trinajstić information content (AvgIpc) is 2.70. The zero-order valence-electron chi connectivity index (χ0n) is 11.5. The molecule has 0 aliphatic rings. The van der Waals surface area contributed by atoms with Crippen LogP contribution in [0.5, 0.6) is 11.5 Å². The summed E-state index contributed by atoms with van der Waals surface area (Å²) >= 11 is 6.16. The quantitative estimate of drug-likeness (QED) is 0.869. The van der Waals surface area contributed by atoms with E-state index >= 15 is 0 Å². The van der Waals surface area contributed by atoms with Crippen molar-refractivity contribution >= 4 is 11.6 Å². The second-order valence-corrected chi connectivity index (χ2v) is 4.61. The summed E-state index contributed by atoms with van der Waals surface area (Å²) in [6.45, 7) is 2.12. The van der Waals surface area contributed by atoms with Crippen molar-refractivity contribution in [3.8, 4) is 17.6 Å². The zero-order valence-corrected chi connectivity index (χ0v) is 12.2. The van der Waals surface area contributed by atoms with E-state index in [-0.39, 0.29) is 6.61 Å². The Balaban J connectivity index is 2.21. The van der Waals surface area contributed by atoms with Crippen LogP contribution in [0, 0.1) is 18.3 Å². The zero-order chi connectivity index (χ0) is 14.7. The number of hydrogen-bond acceptors (Lipinski definition) is 4. The van der Waals surface area contributed by atoms with Crippen LogP contribution < -0.4 is 9.47 Å². The minimum atomic E-state index is 0.276. The number of methoxy groups -OCH3 is 1. The van der Waals surface area contributed by atoms with Crippen molar-refractivity contribution in [2.24, 2.45) is 7.05 Å². The number of hydrogen-bond donors (Lipinski definition) is 0. The first kappa shape index (κ1) is 14.2. The molecule has 0 amide bonds. The van der Waals surface area contributed by atoms with Gasteiger partial charge in [0.2, 0.25) is 0 Å². The van der Waals surface area contributed by atoms with Gasteiger partial charge in [0.15, 0.2) is 11.5 Å². The molecule has 0 aliphatic carbocycles. The lowest BCUT2D eigenvalue weighted by Crippen LogP contribution is -2.04. The molecule has 0 radical (unpaired) electrons. The number of aryl methyl sites for hydroxylation is 2. The Morgan fingerprint density at radius 3 is 2.70 bits per heavy atom. The van der Waals surface area contributed by atoms with E-state index in [0.717, 1.165) is 11.4 Å². The average molecular weight is 292 g/mol. The van der Waals surface area contributed by atoms with Gasteiger partial charge in [0.05, 0.1) is 35.2 Å². The standard InChI is InChI=1S/C14H14ClN3O2/c1-9-14(15)11(18(2)17-9)8-20-12-5-4-10(7-16)6-13(12)19-3/h4-6H,8H2,1-3H3. The molecular weight excluding hydrogens is 278 g/mol. The third-order valence-corrected chi connectivity index (χ3v) is 3.41. The third kappa shape index (κ3) is 2.70. The van der Waals surface area contributed by atoms with Crippen LogP contribution in [-0.2, 0) is 13.7 Å². The molecule has 1 aromatic carbocycles. The minimum absolute atomic E-state index is 0.276. The van der Waals surface area contributed by atoms with Crippen molar-refractivity contribution < 1.29 is 9.47 Å². The van der Waals surface area contributed by atoms with Gasteiger partial charge >= 0.3 is 0 Å². The number of nitrogens with zero attached hydrogens (tertiary/aromatic N) is 3. The number of rotatable bonds is 4. The van der Waals surface area contributed by atoms with Gasteiger partial charge in [-0.05, 0) is 19.1 Å². The number of halogens is 1. The van der Waals surface area contributed by atoms with Crippen LogP contribution in [0.25, 0.3) is 0 Å². The smallest absolute Gasteiger partial charge is 0.162 e. The molecule has 2 aromatic rings. The second-order valence-electron chi connectivity index (χ2n) is 4.24. The Kier molecular flexibility index (Phi) is 4.16. The van der Waals surface area contributed by atoms with E-state index in [9.17, 15) is 0 Å². The van der Waals surface area contributed by atoms with Gasteiger partial charge in [-0.3, -0.25) is 4.68 Å². The summed E-state index contributed by atoms with van der Waals surface area (Å²) < 4.78 is 12.6. The molecule has 0 spiro atoms. The lowest BCUT2D eigenvalue weighted by molar-refractivity contribution is 0.276. The highest BCUT2D eigenvalue weighted by Crippen LogP contribution is 2.29. The molecule has 1 aromatic heterocycles. The predicted octanol–water partition coefficient (Wildman–Crippen LogP) is 2.84. The van der Waals surface area contributed by atoms with Crippen LogP contribution >= 0.6 is 11.6 Å². The topological polar surface area (TPSA) is 60.1 Å². The molecule has 0 saturated carbocycles. The summed E-state index contributed by atoms with van der Waals surface area (Å²) in [7, 11) is 3.35. The molecule has 1 heterocycles. The molecular formula is C14H14ClN3O2. The second kappa shape index (κ2) is 5.85. The van der Waals surface area contributed by atoms with Crippen LogP contribution in [0.2, 0.25) is 5.02 Å². The normalized spacial score (nSPS) is 10.2. The fraction of sp³-hybridized carbons (Fsp3) is 0.286. The van der Waals surface area contributed by atoms with Crippen molar-refractivity contribution in [2.45, 2.75) is 13.5 Å². The highest BCUT2D eigenvalue weighted by atomic mass is 35.5. The maximum Gasteiger partial charge on any atom is 0.162 e. The molecule has 0 atom stereocenters. The predicted molar refractivity (Wildman–Crippen MR) is 75.0 cm³/mol. The van der Waals surface area contributed by atoms with Gasteiger partial charge in [-0.2, -0.15) is 10.4 Å². The molecule has 0 N–H and O–H groups in total. The van der Waals surface area contributed by atoms with Crippen LogP contribution in [0.4, 0.5) is 0 Å². The van der Waals surface area contributed by atoms with E-state index in [1.165, 1.54) is 7.11 Å². The van der Waals surface area contributed by atoms with Crippen molar-refractivity contribution in [1.82, 2.24) is 9.78 Å². The summed E-state index contributed by atoms with van der Waals surface area (Å²) in [5, 5.41) is 13.7. The van der Waals surface area contributed by atoms with Crippen molar-refractivity contribution in [3.05, 3.63) is 40.2 Å². The van der Waals surface area contributed by atoms with Crippen LogP contribution in [0.1, 0.15) is 17.0 Å². The Bertz CT molecular complexity index is 674. The monoisotopic (exact) mass is 291 g/mol. The van der Waals surface area contributed by atoms with Gasteiger partial charge < -0.3 is 9.47 Å². The largest absolute Gasteiger partial charge is 0.493 e. The summed E-state index contributed by atoms with van der Waals surface area (Å²) in [4.78, 5) is 0. The van der Waals surface area contributed by atoms with E-state index < -0.39 is 0 Å². The molecule has 0 bridgehead atoms. The molecule has 5 nitrogen and oxygen atoms in total. The number of nitriles is 1. The highest BCUT2D eigenvalue weighted by Gasteiger charge is 2.13. The Hall–Kier alpha value is -2.19. The van der Waals surface area contributed by atoms with E-state index in [1.807, 2.05) is 14.0 Å². The van der Waals surface area contributed by atoms with Crippen LogP contribution in [0.15, 0.2) is 18.2 Å². The van der Waals surface area contributed by atoms with Gasteiger partial charge in [-0.15, -0.1) is 0 Å². The Labute approximate surface area is 122 Å². The van der Waals surface area contributed by atoms with Gasteiger partial charge in [-0.25, -0.2) is 0 Å². The van der Waals surface area contributed by atoms with E-state index in [2.05, 4.69) is 11.2 Å². The van der Waals surface area contributed by atoms with E-state index in [4.69, 9.17) is 26.3 Å². The summed E-state index contributed by atoms with van der Waals surface area (Å²) in [6, 6.07) is 7.06. The maximum absolute atomic E-state index is 8.86. The van der Waals surface area contributed by atoms with Gasteiger partial charge in [0.25, 0.3) is 0 Å². The van der Waals surface area contributed by atoms with Crippen LogP contribution in [0.3, 0.4) is 0 Å². The Morgan fingerprint density at radius 2 is 2.15 bits per heavy atom. The third-order valence-electron chi connectivity index (χ3n) is 2.92. The molecule has 0 fully saturated rings. The lowest BCUT2D eigenvalue weighted by Gasteiger charge is -2.11. The molecule has 0 unspecified atom stereocenters. The SMILES string of the molecule is COc1cc(C#N)ccc1OCc1c(Cl)c(C)nn1C. The van der Waals surface area contributed by atoms with Crippen molar-refractivity contribution in [1.29, 1.82) is 5.26 Å². The van der Waals surface area contributed by atoms with Gasteiger partial charge in [0.1, 0.15) is 6.61 Å². The van der Waals surface area contributed by atoms with E-state index in [0.29, 0.717) is 22.1 Å². The fourth-order valence-electron chi connectivity index (χ4n) is 1.84. The molecule has 0 saturated heterocycles. The minimum Gasteiger partial charge on any atom is -0.493 e. The molecule has 0 aliphatic heterocycles. The molecule has 2 rings (SSSR count). The fourth-order valence-corrected chi connectivity index (χ4v) is 2.05. The van der Waals surface area contributed by atoms with Gasteiger partial charge in [0, 0.05) is 13.1 Å². The summed E-state index contributed by atoms with van der Waals surface area (Å²) in [5.41, 5.74) is 2.07. The first-order valence-electron chi connectivity index (χ1n) is 5.95. The summed E-state index contributed by atoms with van der Waals surface area (Å²) in [5.74, 6) is 1.07. The van der Waals surface area contributed by atoms with Crippen molar-refractivity contribution in [3.63, 3.8) is 0 Å².